The summed E-state index contributed by atoms with van der Waals surface area (Å²) in [7, 11) is 1.59. The maximum Gasteiger partial charge on any atom is 0.322 e. The second-order valence-corrected chi connectivity index (χ2v) is 7.54. The van der Waals surface area contributed by atoms with Gasteiger partial charge < -0.3 is 24.3 Å². The molecular formula is C22H27N3O4. The number of anilines is 2. The molecule has 0 aliphatic carbocycles. The molecule has 2 aromatic rings. The maximum atomic E-state index is 13.1. The normalized spacial score (nSPS) is 19.9. The van der Waals surface area contributed by atoms with E-state index in [1.165, 1.54) is 0 Å². The summed E-state index contributed by atoms with van der Waals surface area (Å²) in [5, 5.41) is 3.01. The van der Waals surface area contributed by atoms with Crippen LogP contribution in [0.25, 0.3) is 0 Å². The third-order valence-electron chi connectivity index (χ3n) is 5.68. The van der Waals surface area contributed by atoms with E-state index >= 15 is 0 Å². The molecule has 2 saturated heterocycles. The number of urea groups is 1. The number of hydrogen-bond donors (Lipinski definition) is 1. The summed E-state index contributed by atoms with van der Waals surface area (Å²) in [5.74, 6) is 1.53. The molecule has 7 heteroatoms. The van der Waals surface area contributed by atoms with Gasteiger partial charge in [-0.15, -0.1) is 0 Å². The number of nitrogens with one attached hydrogen (secondary N) is 1. The van der Waals surface area contributed by atoms with Gasteiger partial charge >= 0.3 is 6.03 Å². The number of nitrogens with zero attached hydrogens (tertiary/aromatic N) is 2. The summed E-state index contributed by atoms with van der Waals surface area (Å²) in [6.07, 6.45) is 7.05. The number of likely N-dealkylation sites (tertiary alicyclic amines) is 1. The molecule has 7 nitrogen and oxygen atoms in total. The molecule has 2 aliphatic rings. The first kappa shape index (κ1) is 19.4. The molecule has 3 heterocycles. The second-order valence-electron chi connectivity index (χ2n) is 7.54. The number of rotatable bonds is 4. The van der Waals surface area contributed by atoms with Crippen molar-refractivity contribution in [1.29, 1.82) is 0 Å². The van der Waals surface area contributed by atoms with Gasteiger partial charge in [-0.2, -0.15) is 0 Å². The first-order valence-electron chi connectivity index (χ1n) is 10.3. The Morgan fingerprint density at radius 2 is 2.07 bits per heavy atom. The molecule has 1 unspecified atom stereocenters. The number of carbonyl (C=O) groups is 2. The van der Waals surface area contributed by atoms with E-state index in [0.717, 1.165) is 37.9 Å². The summed E-state index contributed by atoms with van der Waals surface area (Å²) in [5.41, 5.74) is 1.35. The summed E-state index contributed by atoms with van der Waals surface area (Å²) in [6.45, 7) is 1.35. The van der Waals surface area contributed by atoms with Crippen molar-refractivity contribution in [2.75, 3.05) is 30.4 Å². The Kier molecular flexibility index (Phi) is 5.74. The predicted molar refractivity (Wildman–Crippen MR) is 110 cm³/mol. The molecule has 1 aromatic carbocycles. The van der Waals surface area contributed by atoms with Crippen LogP contribution in [0.15, 0.2) is 41.0 Å². The van der Waals surface area contributed by atoms with Gasteiger partial charge in [0.2, 0.25) is 5.91 Å². The maximum absolute atomic E-state index is 13.1. The molecule has 4 rings (SSSR count). The summed E-state index contributed by atoms with van der Waals surface area (Å²) in [4.78, 5) is 28.9. The van der Waals surface area contributed by atoms with Gasteiger partial charge in [-0.1, -0.05) is 12.8 Å². The lowest BCUT2D eigenvalue weighted by molar-refractivity contribution is -0.117. The summed E-state index contributed by atoms with van der Waals surface area (Å²) >= 11 is 0. The molecule has 3 amide bonds. The lowest BCUT2D eigenvalue weighted by Crippen LogP contribution is -2.38. The van der Waals surface area contributed by atoms with Crippen molar-refractivity contribution >= 4 is 23.3 Å². The third kappa shape index (κ3) is 4.09. The molecule has 1 aromatic heterocycles. The van der Waals surface area contributed by atoms with Crippen molar-refractivity contribution in [3.05, 3.63) is 42.4 Å². The monoisotopic (exact) mass is 397 g/mol. The minimum absolute atomic E-state index is 0.0645. The average Bonchev–Trinajstić information content (AvgIpc) is 3.34. The van der Waals surface area contributed by atoms with E-state index in [4.69, 9.17) is 9.15 Å². The number of furan rings is 1. The zero-order chi connectivity index (χ0) is 20.2. The molecule has 2 aliphatic heterocycles. The van der Waals surface area contributed by atoms with Crippen LogP contribution in [0.4, 0.5) is 16.2 Å². The fourth-order valence-corrected chi connectivity index (χ4v) is 4.20. The number of benzene rings is 1. The molecule has 0 spiro atoms. The number of carbonyl (C=O) groups excluding carboxylic acids is 2. The predicted octanol–water partition coefficient (Wildman–Crippen LogP) is 4.56. The summed E-state index contributed by atoms with van der Waals surface area (Å²) < 4.78 is 11.0. The van der Waals surface area contributed by atoms with Crippen molar-refractivity contribution in [2.24, 2.45) is 0 Å². The highest BCUT2D eigenvalue weighted by Crippen LogP contribution is 2.35. The number of hydrogen-bond acceptors (Lipinski definition) is 4. The van der Waals surface area contributed by atoms with E-state index in [2.05, 4.69) is 5.32 Å². The number of methoxy groups -OCH3 is 1. The molecule has 1 N–H and O–H groups in total. The SMILES string of the molecule is COc1ccc(NC(=O)N2CCCCCC2c2ccco2)cc1N1CCCC1=O. The van der Waals surface area contributed by atoms with Crippen LogP contribution in [0.1, 0.15) is 50.3 Å². The Morgan fingerprint density at radius 1 is 1.17 bits per heavy atom. The fourth-order valence-electron chi connectivity index (χ4n) is 4.20. The zero-order valence-corrected chi connectivity index (χ0v) is 16.7. The van der Waals surface area contributed by atoms with Crippen molar-refractivity contribution < 1.29 is 18.7 Å². The van der Waals surface area contributed by atoms with Crippen LogP contribution in [-0.4, -0.2) is 37.0 Å². The van der Waals surface area contributed by atoms with Crippen LogP contribution in [0.5, 0.6) is 5.75 Å². The molecule has 2 fully saturated rings. The van der Waals surface area contributed by atoms with Crippen LogP contribution in [-0.2, 0) is 4.79 Å². The minimum Gasteiger partial charge on any atom is -0.495 e. The van der Waals surface area contributed by atoms with E-state index < -0.39 is 0 Å². The van der Waals surface area contributed by atoms with E-state index in [1.54, 1.807) is 30.4 Å². The van der Waals surface area contributed by atoms with Gasteiger partial charge in [-0.3, -0.25) is 4.79 Å². The first-order chi connectivity index (χ1) is 14.2. The average molecular weight is 397 g/mol. The van der Waals surface area contributed by atoms with E-state index in [9.17, 15) is 9.59 Å². The topological polar surface area (TPSA) is 75.0 Å². The highest BCUT2D eigenvalue weighted by atomic mass is 16.5. The molecule has 0 saturated carbocycles. The van der Waals surface area contributed by atoms with E-state index in [1.807, 2.05) is 23.1 Å². The van der Waals surface area contributed by atoms with Crippen molar-refractivity contribution in [1.82, 2.24) is 4.90 Å². The smallest absolute Gasteiger partial charge is 0.322 e. The Hall–Kier alpha value is -2.96. The fraction of sp³-hybridized carbons (Fsp3) is 0.455. The molecule has 29 heavy (non-hydrogen) atoms. The second kappa shape index (κ2) is 8.59. The van der Waals surface area contributed by atoms with Gasteiger partial charge in [0, 0.05) is 25.2 Å². The van der Waals surface area contributed by atoms with Crippen molar-refractivity contribution in [3.8, 4) is 5.75 Å². The van der Waals surface area contributed by atoms with Crippen LogP contribution in [0, 0.1) is 0 Å². The van der Waals surface area contributed by atoms with Gasteiger partial charge in [0.25, 0.3) is 0 Å². The molecular weight excluding hydrogens is 370 g/mol. The van der Waals surface area contributed by atoms with Gasteiger partial charge in [-0.05, 0) is 49.6 Å². The lowest BCUT2D eigenvalue weighted by Gasteiger charge is -2.29. The Bertz CT molecular complexity index is 865. The molecule has 0 radical (unpaired) electrons. The zero-order valence-electron chi connectivity index (χ0n) is 16.7. The number of ether oxygens (including phenoxy) is 1. The van der Waals surface area contributed by atoms with Crippen LogP contribution in [0.3, 0.4) is 0 Å². The number of amides is 3. The molecule has 1 atom stereocenters. The highest BCUT2D eigenvalue weighted by molar-refractivity contribution is 5.98. The lowest BCUT2D eigenvalue weighted by atomic mass is 10.1. The van der Waals surface area contributed by atoms with Crippen LogP contribution in [0.2, 0.25) is 0 Å². The Morgan fingerprint density at radius 3 is 2.79 bits per heavy atom. The van der Waals surface area contributed by atoms with Crippen LogP contribution >= 0.6 is 0 Å². The molecule has 0 bridgehead atoms. The van der Waals surface area contributed by atoms with Gasteiger partial charge in [0.15, 0.2) is 0 Å². The standard InChI is InChI=1S/C22H27N3O4/c1-28-19-11-10-16(15-18(19)24-13-5-9-21(24)26)23-22(27)25-12-4-2-3-7-17(25)20-8-6-14-29-20/h6,8,10-11,14-15,17H,2-5,7,9,12-13H2,1H3,(H,23,27). The first-order valence-corrected chi connectivity index (χ1v) is 10.3. The van der Waals surface area contributed by atoms with Gasteiger partial charge in [0.05, 0.1) is 25.1 Å². The Labute approximate surface area is 170 Å². The van der Waals surface area contributed by atoms with E-state index in [0.29, 0.717) is 36.6 Å². The summed E-state index contributed by atoms with van der Waals surface area (Å²) in [6, 6.07) is 8.99. The van der Waals surface area contributed by atoms with Crippen LogP contribution < -0.4 is 15.0 Å². The minimum atomic E-state index is -0.155. The largest absolute Gasteiger partial charge is 0.495 e. The highest BCUT2D eigenvalue weighted by Gasteiger charge is 2.29. The van der Waals surface area contributed by atoms with Crippen molar-refractivity contribution in [2.45, 2.75) is 44.6 Å². The molecule has 154 valence electrons. The quantitative estimate of drug-likeness (QED) is 0.820. The Balaban J connectivity index is 1.56. The third-order valence-corrected chi connectivity index (χ3v) is 5.68. The van der Waals surface area contributed by atoms with Gasteiger partial charge in [-0.25, -0.2) is 4.79 Å². The van der Waals surface area contributed by atoms with Gasteiger partial charge in [0.1, 0.15) is 11.5 Å². The van der Waals surface area contributed by atoms with E-state index in [-0.39, 0.29) is 18.0 Å². The van der Waals surface area contributed by atoms with Crippen molar-refractivity contribution in [3.63, 3.8) is 0 Å².